The van der Waals surface area contributed by atoms with Gasteiger partial charge in [0.25, 0.3) is 0 Å². The molecule has 6 heteroatoms. The van der Waals surface area contributed by atoms with Gasteiger partial charge in [-0.1, -0.05) is 39.7 Å². The third-order valence-corrected chi connectivity index (χ3v) is 4.10. The van der Waals surface area contributed by atoms with E-state index >= 15 is 0 Å². The van der Waals surface area contributed by atoms with E-state index in [1.807, 2.05) is 43.3 Å². The maximum absolute atomic E-state index is 6.24. The van der Waals surface area contributed by atoms with Crippen LogP contribution in [-0.2, 0) is 0 Å². The molecule has 0 radical (unpaired) electrons. The van der Waals surface area contributed by atoms with Crippen LogP contribution in [0.5, 0.6) is 0 Å². The summed E-state index contributed by atoms with van der Waals surface area (Å²) in [7, 11) is 0. The van der Waals surface area contributed by atoms with E-state index in [0.29, 0.717) is 17.3 Å². The van der Waals surface area contributed by atoms with Crippen LogP contribution in [0.3, 0.4) is 0 Å². The highest BCUT2D eigenvalue weighted by Crippen LogP contribution is 2.30. The maximum Gasteiger partial charge on any atom is 0.159 e. The number of nitrogens with zero attached hydrogens (tertiary/aromatic N) is 2. The van der Waals surface area contributed by atoms with Crippen LogP contribution in [0.1, 0.15) is 11.1 Å². The van der Waals surface area contributed by atoms with Gasteiger partial charge in [0.15, 0.2) is 11.6 Å². The van der Waals surface area contributed by atoms with E-state index in [2.05, 4.69) is 49.5 Å². The molecule has 0 amide bonds. The number of nitrogens with one attached hydrogen (secondary N) is 2. The third-order valence-electron chi connectivity index (χ3n) is 3.61. The van der Waals surface area contributed by atoms with E-state index < -0.39 is 0 Å². The van der Waals surface area contributed by atoms with Crippen molar-refractivity contribution in [2.75, 3.05) is 16.4 Å². The quantitative estimate of drug-likeness (QED) is 0.595. The van der Waals surface area contributed by atoms with Gasteiger partial charge in [0.1, 0.15) is 12.0 Å². The third kappa shape index (κ3) is 3.65. The average molecular weight is 384 g/mol. The molecule has 0 aliphatic rings. The van der Waals surface area contributed by atoms with Crippen LogP contribution in [-0.4, -0.2) is 9.97 Å². The summed E-state index contributed by atoms with van der Waals surface area (Å²) >= 11 is 3.45. The van der Waals surface area contributed by atoms with Crippen LogP contribution in [0, 0.1) is 13.8 Å². The zero-order chi connectivity index (χ0) is 17.1. The lowest BCUT2D eigenvalue weighted by Gasteiger charge is -2.14. The lowest BCUT2D eigenvalue weighted by Crippen LogP contribution is -2.05. The van der Waals surface area contributed by atoms with Crippen LogP contribution in [0.25, 0.3) is 0 Å². The van der Waals surface area contributed by atoms with Gasteiger partial charge in [0, 0.05) is 15.8 Å². The summed E-state index contributed by atoms with van der Waals surface area (Å²) in [5.41, 5.74) is 10.9. The first-order valence-electron chi connectivity index (χ1n) is 7.50. The van der Waals surface area contributed by atoms with Gasteiger partial charge >= 0.3 is 0 Å². The molecule has 0 bridgehead atoms. The largest absolute Gasteiger partial charge is 0.393 e. The summed E-state index contributed by atoms with van der Waals surface area (Å²) in [6, 6.07) is 14.0. The van der Waals surface area contributed by atoms with Crippen molar-refractivity contribution in [1.29, 1.82) is 0 Å². The molecule has 2 aromatic carbocycles. The molecule has 0 aliphatic heterocycles. The SMILES string of the molecule is Cc1ccc(Nc2ncnc(Nc3cccc(Br)c3)c2N)c(C)c1. The van der Waals surface area contributed by atoms with Crippen LogP contribution in [0.2, 0.25) is 0 Å². The Morgan fingerprint density at radius 1 is 0.958 bits per heavy atom. The number of halogens is 1. The predicted octanol–water partition coefficient (Wildman–Crippen LogP) is 4.93. The second-order valence-electron chi connectivity index (χ2n) is 5.56. The first-order chi connectivity index (χ1) is 11.5. The van der Waals surface area contributed by atoms with Gasteiger partial charge in [-0.05, 0) is 43.7 Å². The number of aromatic nitrogens is 2. The minimum absolute atomic E-state index is 0.470. The normalized spacial score (nSPS) is 10.5. The molecular weight excluding hydrogens is 366 g/mol. The summed E-state index contributed by atoms with van der Waals surface area (Å²) in [6.07, 6.45) is 1.49. The average Bonchev–Trinajstić information content (AvgIpc) is 2.54. The van der Waals surface area contributed by atoms with Gasteiger partial charge in [-0.2, -0.15) is 0 Å². The molecule has 24 heavy (non-hydrogen) atoms. The molecule has 4 N–H and O–H groups in total. The highest BCUT2D eigenvalue weighted by Gasteiger charge is 2.10. The highest BCUT2D eigenvalue weighted by molar-refractivity contribution is 9.10. The zero-order valence-corrected chi connectivity index (χ0v) is 15.1. The molecule has 5 nitrogen and oxygen atoms in total. The Hall–Kier alpha value is -2.60. The first-order valence-corrected chi connectivity index (χ1v) is 8.29. The fourth-order valence-corrected chi connectivity index (χ4v) is 2.78. The molecular formula is C18H18BrN5. The fourth-order valence-electron chi connectivity index (χ4n) is 2.38. The summed E-state index contributed by atoms with van der Waals surface area (Å²) < 4.78 is 0.980. The Balaban J connectivity index is 1.88. The fraction of sp³-hybridized carbons (Fsp3) is 0.111. The van der Waals surface area contributed by atoms with Crippen LogP contribution in [0.15, 0.2) is 53.3 Å². The topological polar surface area (TPSA) is 75.9 Å². The lowest BCUT2D eigenvalue weighted by atomic mass is 10.1. The van der Waals surface area contributed by atoms with Crippen molar-refractivity contribution in [3.8, 4) is 0 Å². The minimum Gasteiger partial charge on any atom is -0.393 e. The second kappa shape index (κ2) is 6.88. The molecule has 0 fully saturated rings. The van der Waals surface area contributed by atoms with Gasteiger partial charge in [-0.25, -0.2) is 9.97 Å². The maximum atomic E-state index is 6.24. The molecule has 122 valence electrons. The van der Waals surface area contributed by atoms with Crippen molar-refractivity contribution in [3.05, 3.63) is 64.4 Å². The van der Waals surface area contributed by atoms with Crippen molar-refractivity contribution in [1.82, 2.24) is 9.97 Å². The van der Waals surface area contributed by atoms with E-state index in [0.717, 1.165) is 21.4 Å². The van der Waals surface area contributed by atoms with Gasteiger partial charge in [0.05, 0.1) is 0 Å². The van der Waals surface area contributed by atoms with Crippen molar-refractivity contribution in [2.45, 2.75) is 13.8 Å². The van der Waals surface area contributed by atoms with E-state index in [9.17, 15) is 0 Å². The Morgan fingerprint density at radius 2 is 1.71 bits per heavy atom. The molecule has 0 atom stereocenters. The van der Waals surface area contributed by atoms with E-state index in [4.69, 9.17) is 5.73 Å². The molecule has 0 spiro atoms. The standard InChI is InChI=1S/C18H18BrN5/c1-11-6-7-15(12(2)8-11)24-18-16(20)17(21-10-22-18)23-14-5-3-4-13(19)9-14/h3-10H,20H2,1-2H3,(H2,21,22,23,24). The minimum atomic E-state index is 0.470. The molecule has 3 rings (SSSR count). The van der Waals surface area contributed by atoms with E-state index in [1.54, 1.807) is 0 Å². The molecule has 0 aliphatic carbocycles. The lowest BCUT2D eigenvalue weighted by molar-refractivity contribution is 1.17. The van der Waals surface area contributed by atoms with Gasteiger partial charge in [0.2, 0.25) is 0 Å². The van der Waals surface area contributed by atoms with Crippen molar-refractivity contribution < 1.29 is 0 Å². The Labute approximate surface area is 149 Å². The monoisotopic (exact) mass is 383 g/mol. The number of nitrogens with two attached hydrogens (primary N) is 1. The number of nitrogen functional groups attached to an aromatic ring is 1. The number of hydrogen-bond acceptors (Lipinski definition) is 5. The molecule has 3 aromatic rings. The number of rotatable bonds is 4. The predicted molar refractivity (Wildman–Crippen MR) is 103 cm³/mol. The summed E-state index contributed by atoms with van der Waals surface area (Å²) in [5.74, 6) is 1.14. The first kappa shape index (κ1) is 16.3. The zero-order valence-electron chi connectivity index (χ0n) is 13.5. The number of anilines is 5. The molecule has 0 saturated carbocycles. The van der Waals surface area contributed by atoms with Gasteiger partial charge in [-0.15, -0.1) is 0 Å². The van der Waals surface area contributed by atoms with Crippen molar-refractivity contribution in [2.24, 2.45) is 0 Å². The number of hydrogen-bond donors (Lipinski definition) is 3. The second-order valence-corrected chi connectivity index (χ2v) is 6.48. The Bertz CT molecular complexity index is 879. The summed E-state index contributed by atoms with van der Waals surface area (Å²) in [4.78, 5) is 8.50. The van der Waals surface area contributed by atoms with Gasteiger partial charge < -0.3 is 16.4 Å². The smallest absolute Gasteiger partial charge is 0.159 e. The molecule has 1 heterocycles. The summed E-state index contributed by atoms with van der Waals surface area (Å²) in [6.45, 7) is 4.11. The molecule has 1 aromatic heterocycles. The van der Waals surface area contributed by atoms with Crippen LogP contribution in [0.4, 0.5) is 28.7 Å². The number of benzene rings is 2. The van der Waals surface area contributed by atoms with E-state index in [1.165, 1.54) is 11.9 Å². The Kier molecular flexibility index (Phi) is 4.66. The highest BCUT2D eigenvalue weighted by atomic mass is 79.9. The van der Waals surface area contributed by atoms with Gasteiger partial charge in [-0.3, -0.25) is 0 Å². The van der Waals surface area contributed by atoms with Crippen LogP contribution >= 0.6 is 15.9 Å². The van der Waals surface area contributed by atoms with E-state index in [-0.39, 0.29) is 0 Å². The molecule has 0 saturated heterocycles. The van der Waals surface area contributed by atoms with Crippen molar-refractivity contribution in [3.63, 3.8) is 0 Å². The van der Waals surface area contributed by atoms with Crippen LogP contribution < -0.4 is 16.4 Å². The van der Waals surface area contributed by atoms with Crippen molar-refractivity contribution >= 4 is 44.6 Å². The Morgan fingerprint density at radius 3 is 2.42 bits per heavy atom. The molecule has 0 unspecified atom stereocenters. The number of aryl methyl sites for hydroxylation is 2. The summed E-state index contributed by atoms with van der Waals surface area (Å²) in [5, 5.41) is 6.50.